The SMILES string of the molecule is C[C@@]12CCC[C@H]1C1=CC=C3CCCC(O)[C@]3(C)[C@H]1CC2. The van der Waals surface area contributed by atoms with Crippen molar-refractivity contribution in [3.05, 3.63) is 23.3 Å². The minimum atomic E-state index is -0.123. The summed E-state index contributed by atoms with van der Waals surface area (Å²) in [5.41, 5.74) is 3.84. The molecule has 20 heavy (non-hydrogen) atoms. The Hall–Kier alpha value is -0.560. The number of fused-ring (bicyclic) bond motifs is 5. The average molecular weight is 272 g/mol. The first-order valence-corrected chi connectivity index (χ1v) is 8.65. The van der Waals surface area contributed by atoms with E-state index in [0.717, 1.165) is 12.3 Å². The lowest BCUT2D eigenvalue weighted by molar-refractivity contribution is -0.0160. The predicted octanol–water partition coefficient (Wildman–Crippen LogP) is 4.62. The molecule has 0 bridgehead atoms. The summed E-state index contributed by atoms with van der Waals surface area (Å²) in [5, 5.41) is 10.7. The molecule has 1 N–H and O–H groups in total. The Labute approximate surface area is 123 Å². The van der Waals surface area contributed by atoms with Gasteiger partial charge in [-0.05, 0) is 62.2 Å². The summed E-state index contributed by atoms with van der Waals surface area (Å²) in [5.74, 6) is 1.42. The van der Waals surface area contributed by atoms with Crippen LogP contribution in [0, 0.1) is 22.7 Å². The van der Waals surface area contributed by atoms with E-state index in [1.807, 2.05) is 0 Å². The maximum atomic E-state index is 10.7. The van der Waals surface area contributed by atoms with Crippen molar-refractivity contribution in [2.24, 2.45) is 22.7 Å². The summed E-state index contributed by atoms with van der Waals surface area (Å²) in [4.78, 5) is 0. The van der Waals surface area contributed by atoms with Crippen LogP contribution in [-0.2, 0) is 0 Å². The maximum absolute atomic E-state index is 10.7. The van der Waals surface area contributed by atoms with Crippen LogP contribution in [0.3, 0.4) is 0 Å². The number of rotatable bonds is 0. The second kappa shape index (κ2) is 4.22. The van der Waals surface area contributed by atoms with Gasteiger partial charge in [-0.25, -0.2) is 0 Å². The van der Waals surface area contributed by atoms with Gasteiger partial charge in [0, 0.05) is 5.41 Å². The third-order valence-corrected chi connectivity index (χ3v) is 7.40. The van der Waals surface area contributed by atoms with Gasteiger partial charge in [0.15, 0.2) is 0 Å². The zero-order valence-electron chi connectivity index (χ0n) is 13.0. The van der Waals surface area contributed by atoms with Crippen LogP contribution in [0.25, 0.3) is 0 Å². The van der Waals surface area contributed by atoms with E-state index in [-0.39, 0.29) is 11.5 Å². The second-order valence-corrected chi connectivity index (χ2v) is 8.24. The van der Waals surface area contributed by atoms with Crippen molar-refractivity contribution in [1.82, 2.24) is 0 Å². The van der Waals surface area contributed by atoms with E-state index in [9.17, 15) is 5.11 Å². The first kappa shape index (κ1) is 13.1. The molecule has 4 aliphatic rings. The van der Waals surface area contributed by atoms with Crippen molar-refractivity contribution in [1.29, 1.82) is 0 Å². The van der Waals surface area contributed by atoms with Gasteiger partial charge in [0.05, 0.1) is 6.10 Å². The topological polar surface area (TPSA) is 20.2 Å². The number of allylic oxidation sites excluding steroid dienone is 3. The van der Waals surface area contributed by atoms with Gasteiger partial charge in [-0.15, -0.1) is 0 Å². The molecule has 4 rings (SSSR count). The first-order valence-electron chi connectivity index (χ1n) is 8.65. The van der Waals surface area contributed by atoms with E-state index in [0.29, 0.717) is 11.3 Å². The Morgan fingerprint density at radius 3 is 2.70 bits per heavy atom. The lowest BCUT2D eigenvalue weighted by Crippen LogP contribution is -2.49. The van der Waals surface area contributed by atoms with Crippen molar-refractivity contribution in [2.75, 3.05) is 0 Å². The first-order chi connectivity index (χ1) is 9.56. The molecule has 0 radical (unpaired) electrons. The highest BCUT2D eigenvalue weighted by molar-refractivity contribution is 5.39. The highest BCUT2D eigenvalue weighted by Crippen LogP contribution is 2.63. The molecule has 1 unspecified atom stereocenters. The van der Waals surface area contributed by atoms with Crippen LogP contribution in [0.1, 0.15) is 65.2 Å². The fraction of sp³-hybridized carbons (Fsp3) is 0.789. The molecule has 0 spiro atoms. The molecule has 0 heterocycles. The van der Waals surface area contributed by atoms with Crippen LogP contribution in [0.5, 0.6) is 0 Å². The average Bonchev–Trinajstić information content (AvgIpc) is 2.82. The summed E-state index contributed by atoms with van der Waals surface area (Å²) < 4.78 is 0. The molecule has 0 aromatic carbocycles. The number of hydrogen-bond donors (Lipinski definition) is 1. The van der Waals surface area contributed by atoms with Gasteiger partial charge >= 0.3 is 0 Å². The number of hydrogen-bond acceptors (Lipinski definition) is 1. The van der Waals surface area contributed by atoms with Crippen LogP contribution in [-0.4, -0.2) is 11.2 Å². The molecule has 3 fully saturated rings. The molecule has 3 saturated carbocycles. The summed E-state index contributed by atoms with van der Waals surface area (Å²) in [6.45, 7) is 4.87. The van der Waals surface area contributed by atoms with E-state index in [1.165, 1.54) is 50.5 Å². The second-order valence-electron chi connectivity index (χ2n) is 8.24. The van der Waals surface area contributed by atoms with Gasteiger partial charge in [0.1, 0.15) is 0 Å². The molecular formula is C19H28O. The highest BCUT2D eigenvalue weighted by Gasteiger charge is 2.54. The fourth-order valence-electron chi connectivity index (χ4n) is 6.05. The zero-order chi connectivity index (χ0) is 14.0. The van der Waals surface area contributed by atoms with E-state index in [1.54, 1.807) is 5.57 Å². The maximum Gasteiger partial charge on any atom is 0.0636 e. The molecule has 110 valence electrons. The van der Waals surface area contributed by atoms with Crippen LogP contribution < -0.4 is 0 Å². The summed E-state index contributed by atoms with van der Waals surface area (Å²) in [6.07, 6.45) is 15.0. The van der Waals surface area contributed by atoms with Gasteiger partial charge in [0.2, 0.25) is 0 Å². The molecule has 5 atom stereocenters. The van der Waals surface area contributed by atoms with Gasteiger partial charge in [-0.2, -0.15) is 0 Å². The third-order valence-electron chi connectivity index (χ3n) is 7.40. The van der Waals surface area contributed by atoms with Crippen molar-refractivity contribution < 1.29 is 5.11 Å². The number of aliphatic hydroxyl groups excluding tert-OH is 1. The van der Waals surface area contributed by atoms with E-state index < -0.39 is 0 Å². The van der Waals surface area contributed by atoms with Gasteiger partial charge < -0.3 is 5.11 Å². The van der Waals surface area contributed by atoms with Crippen LogP contribution in [0.2, 0.25) is 0 Å². The molecule has 0 aromatic heterocycles. The highest BCUT2D eigenvalue weighted by atomic mass is 16.3. The molecule has 0 aliphatic heterocycles. The van der Waals surface area contributed by atoms with E-state index in [2.05, 4.69) is 26.0 Å². The normalized spacial score (nSPS) is 50.6. The summed E-state index contributed by atoms with van der Waals surface area (Å²) >= 11 is 0. The Kier molecular flexibility index (Phi) is 2.77. The van der Waals surface area contributed by atoms with Crippen molar-refractivity contribution in [3.8, 4) is 0 Å². The van der Waals surface area contributed by atoms with Crippen molar-refractivity contribution in [2.45, 2.75) is 71.3 Å². The molecule has 1 nitrogen and oxygen atoms in total. The Morgan fingerprint density at radius 1 is 1.00 bits per heavy atom. The van der Waals surface area contributed by atoms with E-state index >= 15 is 0 Å². The Morgan fingerprint density at radius 2 is 1.85 bits per heavy atom. The van der Waals surface area contributed by atoms with Crippen LogP contribution in [0.4, 0.5) is 0 Å². The largest absolute Gasteiger partial charge is 0.392 e. The van der Waals surface area contributed by atoms with Crippen molar-refractivity contribution >= 4 is 0 Å². The van der Waals surface area contributed by atoms with Crippen LogP contribution >= 0.6 is 0 Å². The molecule has 1 heteroatoms. The zero-order valence-corrected chi connectivity index (χ0v) is 13.0. The predicted molar refractivity (Wildman–Crippen MR) is 82.3 cm³/mol. The van der Waals surface area contributed by atoms with Crippen LogP contribution in [0.15, 0.2) is 23.3 Å². The summed E-state index contributed by atoms with van der Waals surface area (Å²) in [6, 6.07) is 0. The molecule has 0 saturated heterocycles. The van der Waals surface area contributed by atoms with Gasteiger partial charge in [-0.3, -0.25) is 0 Å². The fourth-order valence-corrected chi connectivity index (χ4v) is 6.05. The molecular weight excluding hydrogens is 244 g/mol. The van der Waals surface area contributed by atoms with E-state index in [4.69, 9.17) is 0 Å². The monoisotopic (exact) mass is 272 g/mol. The Balaban J connectivity index is 1.78. The smallest absolute Gasteiger partial charge is 0.0636 e. The number of aliphatic hydroxyl groups is 1. The molecule has 0 amide bonds. The van der Waals surface area contributed by atoms with Gasteiger partial charge in [-0.1, -0.05) is 43.6 Å². The minimum Gasteiger partial charge on any atom is -0.392 e. The lowest BCUT2D eigenvalue weighted by atomic mass is 9.51. The lowest BCUT2D eigenvalue weighted by Gasteiger charge is -2.55. The summed E-state index contributed by atoms with van der Waals surface area (Å²) in [7, 11) is 0. The standard InChI is InChI=1S/C19H28O/c1-18-11-4-6-15(18)14-9-8-13-5-3-7-17(20)19(13,2)16(14)10-12-18/h8-9,15-17,20H,3-7,10-12H2,1-2H3/t15-,16-,17?,18-,19-/m0/s1. The van der Waals surface area contributed by atoms with Crippen molar-refractivity contribution in [3.63, 3.8) is 0 Å². The van der Waals surface area contributed by atoms with Gasteiger partial charge in [0.25, 0.3) is 0 Å². The molecule has 0 aromatic rings. The Bertz CT molecular complexity index is 488. The molecule has 4 aliphatic carbocycles. The quantitative estimate of drug-likeness (QED) is 0.682. The third kappa shape index (κ3) is 1.53. The minimum absolute atomic E-state index is 0.0479.